The van der Waals surface area contributed by atoms with Crippen LogP contribution in [0.3, 0.4) is 0 Å². The van der Waals surface area contributed by atoms with Crippen LogP contribution in [0.4, 0.5) is 0 Å². The number of carbonyl (C=O) groups excluding carboxylic acids is 1. The number of nitrogens with one attached hydrogen (secondary N) is 1. The number of amides is 1. The summed E-state index contributed by atoms with van der Waals surface area (Å²) in [6.07, 6.45) is 4.56. The van der Waals surface area contributed by atoms with Crippen molar-refractivity contribution < 1.29 is 14.6 Å². The predicted molar refractivity (Wildman–Crippen MR) is 72.4 cm³/mol. The van der Waals surface area contributed by atoms with Crippen LogP contribution in [0.5, 0.6) is 0 Å². The molecule has 5 nitrogen and oxygen atoms in total. The average molecular weight is 258 g/mol. The lowest BCUT2D eigenvalue weighted by Crippen LogP contribution is -2.41. The summed E-state index contributed by atoms with van der Waals surface area (Å²) in [7, 11) is 1.47. The van der Waals surface area contributed by atoms with E-state index < -0.39 is 6.10 Å². The molecular formula is C13H26N2O3. The minimum atomic E-state index is -0.545. The molecule has 0 aromatic carbocycles. The molecule has 0 spiro atoms. The number of allylic oxidation sites excluding steroid dienone is 1. The lowest BCUT2D eigenvalue weighted by molar-refractivity contribution is -0.125. The number of hydrogen-bond donors (Lipinski definition) is 2. The summed E-state index contributed by atoms with van der Waals surface area (Å²) < 4.78 is 4.69. The number of ether oxygens (including phenoxy) is 1. The Labute approximate surface area is 110 Å². The Morgan fingerprint density at radius 1 is 1.56 bits per heavy atom. The molecule has 0 fully saturated rings. The van der Waals surface area contributed by atoms with Gasteiger partial charge in [0.25, 0.3) is 0 Å². The van der Waals surface area contributed by atoms with Crippen LogP contribution in [0, 0.1) is 0 Å². The van der Waals surface area contributed by atoms with E-state index in [9.17, 15) is 9.90 Å². The van der Waals surface area contributed by atoms with Gasteiger partial charge in [-0.1, -0.05) is 19.1 Å². The van der Waals surface area contributed by atoms with E-state index >= 15 is 0 Å². The molecule has 0 aromatic rings. The maximum absolute atomic E-state index is 11.1. The second-order valence-corrected chi connectivity index (χ2v) is 4.14. The van der Waals surface area contributed by atoms with Gasteiger partial charge in [0.15, 0.2) is 0 Å². The second-order valence-electron chi connectivity index (χ2n) is 4.14. The lowest BCUT2D eigenvalue weighted by atomic mass is 10.3. The number of rotatable bonds is 10. The summed E-state index contributed by atoms with van der Waals surface area (Å²) in [4.78, 5) is 13.3. The molecule has 0 unspecified atom stereocenters. The summed E-state index contributed by atoms with van der Waals surface area (Å²) in [6.45, 7) is 6.74. The molecule has 0 aliphatic rings. The number of carbonyl (C=O) groups is 1. The van der Waals surface area contributed by atoms with Crippen molar-refractivity contribution in [2.24, 2.45) is 0 Å². The highest BCUT2D eigenvalue weighted by Gasteiger charge is 2.10. The fourth-order valence-electron chi connectivity index (χ4n) is 1.58. The molecule has 106 valence electrons. The van der Waals surface area contributed by atoms with Crippen molar-refractivity contribution in [1.82, 2.24) is 10.2 Å². The van der Waals surface area contributed by atoms with Gasteiger partial charge in [0.1, 0.15) is 6.61 Å². The molecule has 1 atom stereocenters. The first-order valence-electron chi connectivity index (χ1n) is 6.41. The van der Waals surface area contributed by atoms with Gasteiger partial charge in [-0.3, -0.25) is 4.79 Å². The van der Waals surface area contributed by atoms with Crippen molar-refractivity contribution >= 4 is 5.91 Å². The normalized spacial score (nSPS) is 13.2. The van der Waals surface area contributed by atoms with Crippen molar-refractivity contribution in [3.63, 3.8) is 0 Å². The Balaban J connectivity index is 3.81. The van der Waals surface area contributed by atoms with Crippen molar-refractivity contribution in [1.29, 1.82) is 0 Å². The zero-order valence-electron chi connectivity index (χ0n) is 11.7. The predicted octanol–water partition coefficient (Wildman–Crippen LogP) is 0.398. The van der Waals surface area contributed by atoms with Gasteiger partial charge in [-0.15, -0.1) is 0 Å². The highest BCUT2D eigenvalue weighted by atomic mass is 16.5. The number of aliphatic hydroxyl groups is 1. The molecule has 0 aliphatic carbocycles. The molecule has 0 radical (unpaired) electrons. The van der Waals surface area contributed by atoms with Crippen LogP contribution in [-0.4, -0.2) is 61.9 Å². The molecular weight excluding hydrogens is 232 g/mol. The number of nitrogens with zero attached hydrogens (tertiary/aromatic N) is 1. The van der Waals surface area contributed by atoms with E-state index in [-0.39, 0.29) is 19.1 Å². The van der Waals surface area contributed by atoms with Crippen LogP contribution in [0.15, 0.2) is 12.2 Å². The fraction of sp³-hybridized carbons (Fsp3) is 0.769. The maximum Gasteiger partial charge on any atom is 0.246 e. The molecule has 0 aliphatic heterocycles. The fourth-order valence-corrected chi connectivity index (χ4v) is 1.58. The van der Waals surface area contributed by atoms with Gasteiger partial charge in [0, 0.05) is 26.7 Å². The minimum Gasteiger partial charge on any atom is -0.390 e. The summed E-state index contributed by atoms with van der Waals surface area (Å²) >= 11 is 0. The zero-order chi connectivity index (χ0) is 13.8. The first-order valence-corrected chi connectivity index (χ1v) is 6.41. The van der Waals surface area contributed by atoms with E-state index in [1.54, 1.807) is 0 Å². The van der Waals surface area contributed by atoms with Gasteiger partial charge in [-0.2, -0.15) is 0 Å². The molecule has 1 amide bonds. The van der Waals surface area contributed by atoms with Crippen molar-refractivity contribution in [2.75, 3.05) is 39.9 Å². The van der Waals surface area contributed by atoms with Crippen LogP contribution < -0.4 is 5.32 Å². The van der Waals surface area contributed by atoms with Gasteiger partial charge in [0.05, 0.1) is 6.10 Å². The van der Waals surface area contributed by atoms with Gasteiger partial charge in [-0.25, -0.2) is 0 Å². The Hall–Kier alpha value is -0.910. The van der Waals surface area contributed by atoms with E-state index in [2.05, 4.69) is 23.2 Å². The maximum atomic E-state index is 11.1. The number of aliphatic hydroxyl groups excluding tert-OH is 1. The molecule has 0 heterocycles. The highest BCUT2D eigenvalue weighted by Crippen LogP contribution is 1.95. The molecule has 0 saturated heterocycles. The Morgan fingerprint density at radius 3 is 2.83 bits per heavy atom. The summed E-state index contributed by atoms with van der Waals surface area (Å²) in [5, 5.41) is 12.4. The second kappa shape index (κ2) is 11.2. The topological polar surface area (TPSA) is 61.8 Å². The first-order chi connectivity index (χ1) is 8.63. The summed E-state index contributed by atoms with van der Waals surface area (Å²) in [5.41, 5.74) is 0. The van der Waals surface area contributed by atoms with Gasteiger partial charge in [-0.05, 0) is 19.9 Å². The van der Waals surface area contributed by atoms with Crippen molar-refractivity contribution in [3.8, 4) is 0 Å². The molecule has 5 heteroatoms. The quantitative estimate of drug-likeness (QED) is 0.557. The van der Waals surface area contributed by atoms with E-state index in [0.717, 1.165) is 19.5 Å². The molecule has 0 saturated carbocycles. The van der Waals surface area contributed by atoms with Gasteiger partial charge in [0.2, 0.25) is 5.91 Å². The standard InChI is InChI=1S/C13H26N2O3/c1-4-6-7-8-15(5-2)10-12(16)9-14-13(17)11-18-3/h4,6,12,16H,5,7-11H2,1-3H3,(H,14,17)/b6-4-/t12-/m1/s1. The van der Waals surface area contributed by atoms with Crippen LogP contribution in [0.2, 0.25) is 0 Å². The minimum absolute atomic E-state index is 0.0332. The van der Waals surface area contributed by atoms with Crippen molar-refractivity contribution in [3.05, 3.63) is 12.2 Å². The number of hydrogen-bond acceptors (Lipinski definition) is 4. The number of methoxy groups -OCH3 is 1. The molecule has 2 N–H and O–H groups in total. The molecule has 0 rings (SSSR count). The third-order valence-electron chi connectivity index (χ3n) is 2.57. The smallest absolute Gasteiger partial charge is 0.246 e. The largest absolute Gasteiger partial charge is 0.390 e. The highest BCUT2D eigenvalue weighted by molar-refractivity contribution is 5.77. The van der Waals surface area contributed by atoms with E-state index in [0.29, 0.717) is 6.54 Å². The third kappa shape index (κ3) is 9.15. The monoisotopic (exact) mass is 258 g/mol. The van der Waals surface area contributed by atoms with Crippen LogP contribution in [0.1, 0.15) is 20.3 Å². The lowest BCUT2D eigenvalue weighted by Gasteiger charge is -2.23. The van der Waals surface area contributed by atoms with E-state index in [1.165, 1.54) is 7.11 Å². The number of likely N-dealkylation sites (N-methyl/N-ethyl adjacent to an activating group) is 1. The van der Waals surface area contributed by atoms with Crippen LogP contribution >= 0.6 is 0 Å². The molecule has 18 heavy (non-hydrogen) atoms. The SMILES string of the molecule is C/C=C\CCN(CC)C[C@H](O)CNC(=O)COC. The molecule has 0 aromatic heterocycles. The van der Waals surface area contributed by atoms with Gasteiger partial charge < -0.3 is 20.1 Å². The summed E-state index contributed by atoms with van der Waals surface area (Å²) in [5.74, 6) is -0.200. The molecule has 0 bridgehead atoms. The Morgan fingerprint density at radius 2 is 2.28 bits per heavy atom. The van der Waals surface area contributed by atoms with Gasteiger partial charge >= 0.3 is 0 Å². The van der Waals surface area contributed by atoms with E-state index in [4.69, 9.17) is 4.74 Å². The Bertz CT molecular complexity index is 244. The van der Waals surface area contributed by atoms with Crippen molar-refractivity contribution in [2.45, 2.75) is 26.4 Å². The van der Waals surface area contributed by atoms with E-state index in [1.807, 2.05) is 13.0 Å². The van der Waals surface area contributed by atoms with Crippen LogP contribution in [-0.2, 0) is 9.53 Å². The average Bonchev–Trinajstić information content (AvgIpc) is 2.35. The zero-order valence-corrected chi connectivity index (χ0v) is 11.7. The first kappa shape index (κ1) is 17.1. The third-order valence-corrected chi connectivity index (χ3v) is 2.57. The Kier molecular flexibility index (Phi) is 10.6. The summed E-state index contributed by atoms with van der Waals surface area (Å²) in [6, 6.07) is 0. The van der Waals surface area contributed by atoms with Crippen LogP contribution in [0.25, 0.3) is 0 Å².